The van der Waals surface area contributed by atoms with Gasteiger partial charge in [-0.2, -0.15) is 0 Å². The summed E-state index contributed by atoms with van der Waals surface area (Å²) in [6.07, 6.45) is 0. The zero-order valence-electron chi connectivity index (χ0n) is 5.37. The molecule has 0 radical (unpaired) electrons. The van der Waals surface area contributed by atoms with E-state index in [0.29, 0.717) is 0 Å². The molecule has 0 atom stereocenters. The molecule has 10 heavy (non-hydrogen) atoms. The van der Waals surface area contributed by atoms with Gasteiger partial charge in [0.15, 0.2) is 0 Å². The summed E-state index contributed by atoms with van der Waals surface area (Å²) in [5.41, 5.74) is 1.15. The van der Waals surface area contributed by atoms with Crippen LogP contribution in [0, 0.1) is 0 Å². The monoisotopic (exact) mass is 198 g/mol. The number of benzene rings is 1. The first-order valence-corrected chi connectivity index (χ1v) is 5.34. The van der Waals surface area contributed by atoms with E-state index in [1.54, 1.807) is 11.3 Å². The third-order valence-electron chi connectivity index (χ3n) is 1.34. The van der Waals surface area contributed by atoms with Crippen molar-refractivity contribution in [1.29, 1.82) is 0 Å². The van der Waals surface area contributed by atoms with Gasteiger partial charge < -0.3 is 0 Å². The number of nitrogens with zero attached hydrogens (tertiary/aromatic N) is 1. The molecule has 0 saturated carbocycles. The Balaban J connectivity index is 2.88. The van der Waals surface area contributed by atoms with Crippen LogP contribution in [0.25, 0.3) is 10.2 Å². The second kappa shape index (κ2) is 2.41. The minimum absolute atomic E-state index is 1.15. The van der Waals surface area contributed by atoms with Crippen LogP contribution in [0.2, 0.25) is 0 Å². The van der Waals surface area contributed by atoms with Crippen LogP contribution in [0.4, 0.5) is 0 Å². The molecule has 0 aliphatic rings. The van der Waals surface area contributed by atoms with Gasteiger partial charge in [-0.25, -0.2) is 0 Å². The maximum atomic E-state index is 4.39. The molecule has 2 rings (SSSR count). The van der Waals surface area contributed by atoms with Gasteiger partial charge >= 0.3 is 72.7 Å². The van der Waals surface area contributed by atoms with E-state index in [0.717, 1.165) is 5.52 Å². The van der Waals surface area contributed by atoms with Crippen LogP contribution in [0.3, 0.4) is 0 Å². The van der Waals surface area contributed by atoms with Crippen LogP contribution in [-0.2, 0) is 18.3 Å². The van der Waals surface area contributed by atoms with E-state index in [2.05, 4.69) is 23.2 Å². The van der Waals surface area contributed by atoms with Crippen LogP contribution in [0.1, 0.15) is 0 Å². The first-order chi connectivity index (χ1) is 4.86. The summed E-state index contributed by atoms with van der Waals surface area (Å²) in [6.45, 7) is 0. The molecule has 45 valence electrons. The summed E-state index contributed by atoms with van der Waals surface area (Å²) in [6, 6.07) is 8.26. The number of aromatic nitrogens is 1. The molecular weight excluding hydrogens is 196 g/mol. The molecule has 1 aromatic heterocycles. The first-order valence-electron chi connectivity index (χ1n) is 3.04. The molecule has 0 unspecified atom stereocenters. The van der Waals surface area contributed by atoms with E-state index in [9.17, 15) is 0 Å². The molecule has 0 bridgehead atoms. The van der Waals surface area contributed by atoms with Crippen molar-refractivity contribution in [3.05, 3.63) is 24.3 Å². The number of rotatable bonds is 0. The molecule has 0 spiro atoms. The zero-order chi connectivity index (χ0) is 6.97. The summed E-state index contributed by atoms with van der Waals surface area (Å²) in [5.74, 6) is 0. The summed E-state index contributed by atoms with van der Waals surface area (Å²) < 4.78 is 2.57. The molecule has 0 fully saturated rings. The van der Waals surface area contributed by atoms with Crippen LogP contribution in [0.5, 0.6) is 0 Å². The fourth-order valence-electron chi connectivity index (χ4n) is 0.920. The minimum atomic E-state index is 1.15. The topological polar surface area (TPSA) is 12.9 Å². The summed E-state index contributed by atoms with van der Waals surface area (Å²) in [4.78, 5) is 4.39. The average molecular weight is 200 g/mol. The second-order valence-electron chi connectivity index (χ2n) is 2.08. The van der Waals surface area contributed by atoms with Crippen molar-refractivity contribution >= 4 is 25.2 Å². The fraction of sp³-hybridized carbons (Fsp3) is 0. The van der Waals surface area contributed by atoms with Crippen LogP contribution in [-0.4, -0.2) is 4.98 Å². The van der Waals surface area contributed by atoms with E-state index in [-0.39, 0.29) is 0 Å². The third kappa shape index (κ3) is 0.999. The molecule has 3 heteroatoms. The van der Waals surface area contributed by atoms with E-state index in [1.165, 1.54) is 26.6 Å². The quantitative estimate of drug-likeness (QED) is 0.586. The summed E-state index contributed by atoms with van der Waals surface area (Å²) in [5, 5.41) is 0. The number of hydrogen-bond acceptors (Lipinski definition) is 2. The average Bonchev–Trinajstić information content (AvgIpc) is 2.27. The molecular formula is C7H4NSZn. The molecule has 0 amide bonds. The predicted octanol–water partition coefficient (Wildman–Crippen LogP) is 1.47. The van der Waals surface area contributed by atoms with Gasteiger partial charge in [0.05, 0.1) is 0 Å². The Morgan fingerprint density at radius 2 is 2.10 bits per heavy atom. The van der Waals surface area contributed by atoms with Crippen molar-refractivity contribution < 1.29 is 18.3 Å². The van der Waals surface area contributed by atoms with Crippen molar-refractivity contribution in [1.82, 2.24) is 4.98 Å². The van der Waals surface area contributed by atoms with Gasteiger partial charge in [-0.05, 0) is 0 Å². The van der Waals surface area contributed by atoms with E-state index >= 15 is 0 Å². The SMILES string of the molecule is [Zn][c]1nc2ccccc2s1. The number of thiazole rings is 1. The van der Waals surface area contributed by atoms with E-state index in [1.807, 2.05) is 6.07 Å². The van der Waals surface area contributed by atoms with Gasteiger partial charge in [-0.15, -0.1) is 0 Å². The number of hydrogen-bond donors (Lipinski definition) is 0. The van der Waals surface area contributed by atoms with Gasteiger partial charge in [0.25, 0.3) is 0 Å². The van der Waals surface area contributed by atoms with Gasteiger partial charge in [0.2, 0.25) is 0 Å². The summed E-state index contributed by atoms with van der Waals surface area (Å²) in [7, 11) is 0. The number of para-hydroxylation sites is 1. The van der Waals surface area contributed by atoms with Gasteiger partial charge in [-0.3, -0.25) is 0 Å². The van der Waals surface area contributed by atoms with Gasteiger partial charge in [0.1, 0.15) is 0 Å². The van der Waals surface area contributed by atoms with E-state index in [4.69, 9.17) is 0 Å². The molecule has 0 aliphatic heterocycles. The van der Waals surface area contributed by atoms with Crippen LogP contribution in [0.15, 0.2) is 24.3 Å². The molecule has 1 heterocycles. The molecule has 2 aromatic rings. The fourth-order valence-corrected chi connectivity index (χ4v) is 3.02. The van der Waals surface area contributed by atoms with Crippen molar-refractivity contribution in [3.8, 4) is 0 Å². The van der Waals surface area contributed by atoms with Crippen LogP contribution < -0.4 is 3.60 Å². The molecule has 1 aromatic carbocycles. The molecule has 0 N–H and O–H groups in total. The van der Waals surface area contributed by atoms with Crippen molar-refractivity contribution in [2.75, 3.05) is 0 Å². The Morgan fingerprint density at radius 3 is 2.90 bits per heavy atom. The zero-order valence-corrected chi connectivity index (χ0v) is 9.16. The number of fused-ring (bicyclic) bond motifs is 1. The Bertz CT molecular complexity index is 322. The van der Waals surface area contributed by atoms with Crippen molar-refractivity contribution in [2.24, 2.45) is 0 Å². The Kier molecular flexibility index (Phi) is 1.55. The molecule has 0 aliphatic carbocycles. The molecule has 1 nitrogen and oxygen atoms in total. The Morgan fingerprint density at radius 1 is 1.30 bits per heavy atom. The van der Waals surface area contributed by atoms with Crippen LogP contribution >= 0.6 is 11.3 Å². The maximum absolute atomic E-state index is 4.39. The summed E-state index contributed by atoms with van der Waals surface area (Å²) >= 11 is 2.96. The Labute approximate surface area is 72.8 Å². The Hall–Kier alpha value is -0.267. The first kappa shape index (κ1) is 6.44. The van der Waals surface area contributed by atoms with Crippen molar-refractivity contribution in [3.63, 3.8) is 0 Å². The standard InChI is InChI=1S/C7H4NS.Zn/c1-2-4-7-6(3-1)8-5-9-7;/h1-4H;. The second-order valence-corrected chi connectivity index (χ2v) is 5.67. The van der Waals surface area contributed by atoms with Gasteiger partial charge in [0, 0.05) is 0 Å². The molecule has 0 saturated heterocycles. The predicted molar refractivity (Wildman–Crippen MR) is 39.3 cm³/mol. The van der Waals surface area contributed by atoms with Crippen molar-refractivity contribution in [2.45, 2.75) is 0 Å². The van der Waals surface area contributed by atoms with Gasteiger partial charge in [-0.1, -0.05) is 0 Å². The van der Waals surface area contributed by atoms with E-state index < -0.39 is 0 Å². The normalized spacial score (nSPS) is 10.6. The third-order valence-corrected chi connectivity index (χ3v) is 3.47.